The summed E-state index contributed by atoms with van der Waals surface area (Å²) in [7, 11) is 2.12. The van der Waals surface area contributed by atoms with E-state index in [1.807, 2.05) is 12.3 Å². The van der Waals surface area contributed by atoms with Gasteiger partial charge in [0.25, 0.3) is 0 Å². The number of pyridine rings is 1. The number of aryl methyl sites for hydroxylation is 2. The van der Waals surface area contributed by atoms with Crippen molar-refractivity contribution >= 4 is 21.9 Å². The lowest BCUT2D eigenvalue weighted by Gasteiger charge is -2.12. The number of fused-ring (bicyclic) bond motifs is 3. The van der Waals surface area contributed by atoms with Crippen LogP contribution >= 0.6 is 0 Å². The van der Waals surface area contributed by atoms with Crippen molar-refractivity contribution in [3.8, 4) is 28.1 Å². The second kappa shape index (κ2) is 7.92. The van der Waals surface area contributed by atoms with Crippen molar-refractivity contribution in [3.63, 3.8) is 0 Å². The van der Waals surface area contributed by atoms with Crippen LogP contribution in [0.5, 0.6) is 0 Å². The van der Waals surface area contributed by atoms with Crippen LogP contribution in [-0.4, -0.2) is 14.5 Å². The normalized spacial score (nSPS) is 11.4. The number of benzene rings is 3. The molecule has 0 aliphatic rings. The maximum Gasteiger partial charge on any atom is 0.213 e. The van der Waals surface area contributed by atoms with E-state index in [0.717, 1.165) is 33.3 Å². The predicted molar refractivity (Wildman–Crippen MR) is 138 cm³/mol. The predicted octanol–water partition coefficient (Wildman–Crippen LogP) is 6.35. The molecule has 3 heterocycles. The van der Waals surface area contributed by atoms with E-state index in [9.17, 15) is 0 Å². The summed E-state index contributed by atoms with van der Waals surface area (Å²) in [5, 5.41) is 1.12. The van der Waals surface area contributed by atoms with Crippen LogP contribution in [0.15, 0.2) is 97.6 Å². The molecular formula is C30H25N4+. The fourth-order valence-corrected chi connectivity index (χ4v) is 4.87. The Morgan fingerprint density at radius 3 is 2.29 bits per heavy atom. The molecule has 0 bridgehead atoms. The van der Waals surface area contributed by atoms with Gasteiger partial charge in [0.05, 0.1) is 11.7 Å². The van der Waals surface area contributed by atoms with Gasteiger partial charge >= 0.3 is 0 Å². The summed E-state index contributed by atoms with van der Waals surface area (Å²) in [5.41, 5.74) is 11.6. The van der Waals surface area contributed by atoms with Gasteiger partial charge in [0.2, 0.25) is 5.69 Å². The molecule has 0 atom stereocenters. The van der Waals surface area contributed by atoms with Crippen LogP contribution in [0.3, 0.4) is 0 Å². The zero-order valence-electron chi connectivity index (χ0n) is 19.5. The van der Waals surface area contributed by atoms with E-state index in [2.05, 4.69) is 119 Å². The van der Waals surface area contributed by atoms with Gasteiger partial charge in [-0.25, -0.2) is 9.97 Å². The highest BCUT2D eigenvalue weighted by molar-refractivity contribution is 6.07. The highest BCUT2D eigenvalue weighted by Crippen LogP contribution is 2.34. The second-order valence-electron chi connectivity index (χ2n) is 8.83. The lowest BCUT2D eigenvalue weighted by Crippen LogP contribution is -2.31. The minimum absolute atomic E-state index is 0.962. The Morgan fingerprint density at radius 2 is 1.53 bits per heavy atom. The highest BCUT2D eigenvalue weighted by Gasteiger charge is 2.22. The first-order chi connectivity index (χ1) is 16.6. The Labute approximate surface area is 198 Å². The van der Waals surface area contributed by atoms with Crippen LogP contribution in [0.4, 0.5) is 0 Å². The van der Waals surface area contributed by atoms with Crippen LogP contribution in [0.2, 0.25) is 0 Å². The molecule has 3 aromatic heterocycles. The molecule has 0 radical (unpaired) electrons. The molecule has 0 unspecified atom stereocenters. The third kappa shape index (κ3) is 3.19. The van der Waals surface area contributed by atoms with Crippen LogP contribution in [0.25, 0.3) is 50.0 Å². The third-order valence-electron chi connectivity index (χ3n) is 6.75. The van der Waals surface area contributed by atoms with E-state index >= 15 is 0 Å². The fraction of sp³-hybridized carbons (Fsp3) is 0.100. The number of hydrogen-bond acceptors (Lipinski definition) is 2. The highest BCUT2D eigenvalue weighted by atomic mass is 15.0. The number of rotatable bonds is 3. The molecule has 0 saturated heterocycles. The Morgan fingerprint density at radius 1 is 0.794 bits per heavy atom. The van der Waals surface area contributed by atoms with Gasteiger partial charge in [-0.2, -0.15) is 4.57 Å². The van der Waals surface area contributed by atoms with E-state index in [1.165, 1.54) is 27.8 Å². The maximum absolute atomic E-state index is 4.68. The maximum atomic E-state index is 4.68. The van der Waals surface area contributed by atoms with Gasteiger partial charge in [0, 0.05) is 22.7 Å². The van der Waals surface area contributed by atoms with Crippen LogP contribution < -0.4 is 4.57 Å². The zero-order valence-corrected chi connectivity index (χ0v) is 19.5. The second-order valence-corrected chi connectivity index (χ2v) is 8.83. The topological polar surface area (TPSA) is 34.6 Å². The van der Waals surface area contributed by atoms with Gasteiger partial charge in [-0.05, 0) is 54.3 Å². The Balaban J connectivity index is 1.65. The number of para-hydroxylation sites is 1. The minimum atomic E-state index is 0.962. The first-order valence-electron chi connectivity index (χ1n) is 11.5. The molecule has 0 fully saturated rings. The largest absolute Gasteiger partial charge is 0.301 e. The van der Waals surface area contributed by atoms with Crippen molar-refractivity contribution in [2.24, 2.45) is 7.05 Å². The molecule has 0 spiro atoms. The molecule has 3 aromatic carbocycles. The Hall–Kier alpha value is -4.31. The summed E-state index contributed by atoms with van der Waals surface area (Å²) in [6.07, 6.45) is 5.75. The van der Waals surface area contributed by atoms with E-state index in [4.69, 9.17) is 0 Å². The molecule has 164 valence electrons. The lowest BCUT2D eigenvalue weighted by molar-refractivity contribution is -0.659. The Bertz CT molecular complexity index is 1670. The van der Waals surface area contributed by atoms with Gasteiger partial charge in [0.1, 0.15) is 24.4 Å². The van der Waals surface area contributed by atoms with Gasteiger partial charge in [-0.15, -0.1) is 0 Å². The number of aromatic nitrogens is 4. The molecule has 0 amide bonds. The molecular weight excluding hydrogens is 416 g/mol. The summed E-state index contributed by atoms with van der Waals surface area (Å²) in [6.45, 7) is 4.40. The van der Waals surface area contributed by atoms with Gasteiger partial charge in [0.15, 0.2) is 6.20 Å². The summed E-state index contributed by atoms with van der Waals surface area (Å²) in [5.74, 6) is 0. The molecule has 0 saturated carbocycles. The molecule has 0 N–H and O–H groups in total. The van der Waals surface area contributed by atoms with Crippen molar-refractivity contribution < 1.29 is 4.57 Å². The molecule has 34 heavy (non-hydrogen) atoms. The van der Waals surface area contributed by atoms with Crippen LogP contribution in [0.1, 0.15) is 11.1 Å². The zero-order chi connectivity index (χ0) is 23.2. The fourth-order valence-electron chi connectivity index (χ4n) is 4.87. The molecule has 0 aliphatic heterocycles. The molecule has 4 heteroatoms. The third-order valence-corrected chi connectivity index (χ3v) is 6.75. The minimum Gasteiger partial charge on any atom is -0.301 e. The first kappa shape index (κ1) is 20.3. The average Bonchev–Trinajstić information content (AvgIpc) is 3.19. The Kier molecular flexibility index (Phi) is 4.73. The smallest absolute Gasteiger partial charge is 0.213 e. The van der Waals surface area contributed by atoms with E-state index < -0.39 is 0 Å². The summed E-state index contributed by atoms with van der Waals surface area (Å²) in [4.78, 5) is 9.01. The lowest BCUT2D eigenvalue weighted by atomic mass is 9.93. The van der Waals surface area contributed by atoms with Gasteiger partial charge in [-0.3, -0.25) is 0 Å². The van der Waals surface area contributed by atoms with Gasteiger partial charge < -0.3 is 4.57 Å². The molecule has 4 nitrogen and oxygen atoms in total. The van der Waals surface area contributed by atoms with Crippen LogP contribution in [-0.2, 0) is 7.05 Å². The van der Waals surface area contributed by atoms with Crippen molar-refractivity contribution in [3.05, 3.63) is 109 Å². The van der Waals surface area contributed by atoms with Crippen molar-refractivity contribution in [2.45, 2.75) is 13.8 Å². The van der Waals surface area contributed by atoms with Crippen molar-refractivity contribution in [1.82, 2.24) is 14.5 Å². The van der Waals surface area contributed by atoms with E-state index in [-0.39, 0.29) is 0 Å². The summed E-state index contributed by atoms with van der Waals surface area (Å²) < 4.78 is 4.47. The number of nitrogens with zero attached hydrogens (tertiary/aromatic N) is 4. The van der Waals surface area contributed by atoms with Gasteiger partial charge in [-0.1, -0.05) is 54.6 Å². The number of hydrogen-bond donors (Lipinski definition) is 0. The average molecular weight is 442 g/mol. The molecule has 6 rings (SSSR count). The quantitative estimate of drug-likeness (QED) is 0.300. The standard InChI is InChI=1S/C30H25N4/c1-20-14-23(22-10-6-4-7-11-22)15-25(21(20)2)27-16-26-29(18-33(27)3)34(24-12-8-5-9-13-24)28-17-31-19-32-30(26)28/h4-19H,1-3H3/q+1. The van der Waals surface area contributed by atoms with Crippen molar-refractivity contribution in [2.75, 3.05) is 0 Å². The molecule has 0 aliphatic carbocycles. The molecule has 6 aromatic rings. The summed E-state index contributed by atoms with van der Waals surface area (Å²) in [6, 6.07) is 27.9. The SMILES string of the molecule is Cc1cc(-c2ccccc2)cc(-c2cc3c4ncncc4n(-c4ccccc4)c3c[n+]2C)c1C. The summed E-state index contributed by atoms with van der Waals surface area (Å²) >= 11 is 0. The monoisotopic (exact) mass is 441 g/mol. The van der Waals surface area contributed by atoms with E-state index in [0.29, 0.717) is 0 Å². The van der Waals surface area contributed by atoms with Crippen molar-refractivity contribution in [1.29, 1.82) is 0 Å². The first-order valence-corrected chi connectivity index (χ1v) is 11.5. The van der Waals surface area contributed by atoms with Crippen LogP contribution in [0, 0.1) is 13.8 Å². The van der Waals surface area contributed by atoms with E-state index in [1.54, 1.807) is 6.33 Å².